The van der Waals surface area contributed by atoms with Crippen LogP contribution in [0, 0.1) is 13.8 Å². The molecule has 4 rings (SSSR count). The summed E-state index contributed by atoms with van der Waals surface area (Å²) >= 11 is 0. The molecule has 2 heterocycles. The second kappa shape index (κ2) is 8.78. The number of aliphatic hydroxyl groups is 1. The number of nitrogens with zero attached hydrogens (tertiary/aromatic N) is 3. The molecule has 2 aromatic carbocycles. The summed E-state index contributed by atoms with van der Waals surface area (Å²) in [7, 11) is 0. The van der Waals surface area contributed by atoms with Gasteiger partial charge >= 0.3 is 0 Å². The molecule has 0 unspecified atom stereocenters. The van der Waals surface area contributed by atoms with Gasteiger partial charge in [0, 0.05) is 57.6 Å². The highest BCUT2D eigenvalue weighted by atomic mass is 16.3. The minimum atomic E-state index is -0.504. The highest BCUT2D eigenvalue weighted by molar-refractivity contribution is 5.92. The van der Waals surface area contributed by atoms with E-state index in [2.05, 4.69) is 47.9 Å². The summed E-state index contributed by atoms with van der Waals surface area (Å²) in [4.78, 5) is 18.5. The van der Waals surface area contributed by atoms with Crippen molar-refractivity contribution in [2.24, 2.45) is 0 Å². The van der Waals surface area contributed by atoms with E-state index >= 15 is 0 Å². The summed E-state index contributed by atoms with van der Waals surface area (Å²) in [6.45, 7) is 11.2. The van der Waals surface area contributed by atoms with Crippen LogP contribution in [0.15, 0.2) is 36.4 Å². The van der Waals surface area contributed by atoms with Crippen LogP contribution in [0.5, 0.6) is 0 Å². The van der Waals surface area contributed by atoms with Crippen molar-refractivity contribution in [3.63, 3.8) is 0 Å². The van der Waals surface area contributed by atoms with Gasteiger partial charge in [-0.05, 0) is 61.1 Å². The van der Waals surface area contributed by atoms with E-state index in [0.29, 0.717) is 6.54 Å². The number of carbonyl (C=O) groups excluding carboxylic acids is 1. The first-order valence-corrected chi connectivity index (χ1v) is 11.1. The van der Waals surface area contributed by atoms with Crippen molar-refractivity contribution >= 4 is 17.3 Å². The van der Waals surface area contributed by atoms with Gasteiger partial charge in [0.2, 0.25) is 5.91 Å². The minimum Gasteiger partial charge on any atom is -0.387 e. The Hall–Kier alpha value is -2.37. The Morgan fingerprint density at radius 2 is 1.77 bits per heavy atom. The average molecular weight is 408 g/mol. The molecule has 0 spiro atoms. The van der Waals surface area contributed by atoms with Crippen LogP contribution < -0.4 is 9.80 Å². The molecule has 0 bridgehead atoms. The largest absolute Gasteiger partial charge is 0.387 e. The van der Waals surface area contributed by atoms with Crippen LogP contribution in [0.4, 0.5) is 11.4 Å². The van der Waals surface area contributed by atoms with Gasteiger partial charge in [-0.15, -0.1) is 0 Å². The zero-order valence-electron chi connectivity index (χ0n) is 18.4. The maximum absolute atomic E-state index is 11.9. The molecular weight excluding hydrogens is 374 g/mol. The molecule has 2 aliphatic rings. The predicted octanol–water partition coefficient (Wildman–Crippen LogP) is 3.46. The number of anilines is 2. The average Bonchev–Trinajstić information content (AvgIpc) is 2.75. The number of hydrogen-bond acceptors (Lipinski definition) is 4. The van der Waals surface area contributed by atoms with E-state index in [9.17, 15) is 9.90 Å². The third-order valence-electron chi connectivity index (χ3n) is 6.50. The van der Waals surface area contributed by atoms with Crippen molar-refractivity contribution in [1.82, 2.24) is 4.90 Å². The fourth-order valence-corrected chi connectivity index (χ4v) is 4.73. The number of aliphatic hydroxyl groups excluding tert-OH is 1. The summed E-state index contributed by atoms with van der Waals surface area (Å²) in [5, 5.41) is 10.9. The first kappa shape index (κ1) is 20.9. The number of rotatable bonds is 4. The smallest absolute Gasteiger partial charge is 0.223 e. The fraction of sp³-hybridized carbons (Fsp3) is 0.480. The van der Waals surface area contributed by atoms with E-state index < -0.39 is 6.10 Å². The van der Waals surface area contributed by atoms with E-state index in [1.165, 1.54) is 22.4 Å². The summed E-state index contributed by atoms with van der Waals surface area (Å²) in [5.74, 6) is 0.0889. The Morgan fingerprint density at radius 1 is 1.00 bits per heavy atom. The lowest BCUT2D eigenvalue weighted by atomic mass is 9.97. The summed E-state index contributed by atoms with van der Waals surface area (Å²) in [6, 6.07) is 12.7. The monoisotopic (exact) mass is 407 g/mol. The van der Waals surface area contributed by atoms with Gasteiger partial charge in [0.15, 0.2) is 0 Å². The molecule has 0 radical (unpaired) electrons. The third-order valence-corrected chi connectivity index (χ3v) is 6.50. The molecule has 30 heavy (non-hydrogen) atoms. The van der Waals surface area contributed by atoms with E-state index in [0.717, 1.165) is 56.8 Å². The molecule has 0 aliphatic carbocycles. The molecular formula is C25H33N3O2. The maximum atomic E-state index is 11.9. The Bertz CT molecular complexity index is 919. The second-order valence-electron chi connectivity index (χ2n) is 8.76. The van der Waals surface area contributed by atoms with Crippen LogP contribution >= 0.6 is 0 Å². The molecule has 1 amide bonds. The zero-order valence-corrected chi connectivity index (χ0v) is 18.4. The zero-order chi connectivity index (χ0) is 21.3. The molecule has 1 N–H and O–H groups in total. The molecule has 1 fully saturated rings. The molecule has 0 aromatic heterocycles. The Morgan fingerprint density at radius 3 is 2.50 bits per heavy atom. The lowest BCUT2D eigenvalue weighted by molar-refractivity contribution is -0.116. The number of piperazine rings is 1. The highest BCUT2D eigenvalue weighted by Crippen LogP contribution is 2.30. The number of fused-ring (bicyclic) bond motifs is 1. The van der Waals surface area contributed by atoms with Crippen LogP contribution in [0.2, 0.25) is 0 Å². The number of hydrogen-bond donors (Lipinski definition) is 1. The number of benzene rings is 2. The first-order chi connectivity index (χ1) is 14.4. The van der Waals surface area contributed by atoms with Crippen molar-refractivity contribution in [3.05, 3.63) is 58.7 Å². The molecule has 0 saturated carbocycles. The quantitative estimate of drug-likeness (QED) is 0.843. The number of carbonyl (C=O) groups is 1. The lowest BCUT2D eigenvalue weighted by Crippen LogP contribution is -2.47. The minimum absolute atomic E-state index is 0.0889. The second-order valence-corrected chi connectivity index (χ2v) is 8.76. The van der Waals surface area contributed by atoms with Crippen LogP contribution in [0.25, 0.3) is 0 Å². The predicted molar refractivity (Wildman–Crippen MR) is 122 cm³/mol. The van der Waals surface area contributed by atoms with Gasteiger partial charge in [0.25, 0.3) is 0 Å². The number of aryl methyl sites for hydroxylation is 3. The topological polar surface area (TPSA) is 47.0 Å². The van der Waals surface area contributed by atoms with Gasteiger partial charge in [-0.25, -0.2) is 0 Å². The van der Waals surface area contributed by atoms with Crippen molar-refractivity contribution in [2.75, 3.05) is 49.1 Å². The van der Waals surface area contributed by atoms with Gasteiger partial charge in [0.1, 0.15) is 0 Å². The van der Waals surface area contributed by atoms with E-state index in [1.54, 1.807) is 6.92 Å². The van der Waals surface area contributed by atoms with Crippen LogP contribution in [0.3, 0.4) is 0 Å². The summed E-state index contributed by atoms with van der Waals surface area (Å²) in [5.41, 5.74) is 7.09. The van der Waals surface area contributed by atoms with Gasteiger partial charge in [-0.1, -0.05) is 24.3 Å². The van der Waals surface area contributed by atoms with Gasteiger partial charge in [0.05, 0.1) is 6.10 Å². The van der Waals surface area contributed by atoms with Crippen molar-refractivity contribution in [1.29, 1.82) is 0 Å². The van der Waals surface area contributed by atoms with E-state index in [4.69, 9.17) is 0 Å². The highest BCUT2D eigenvalue weighted by Gasteiger charge is 2.24. The van der Waals surface area contributed by atoms with Crippen molar-refractivity contribution in [3.8, 4) is 0 Å². The Kier molecular flexibility index (Phi) is 6.11. The maximum Gasteiger partial charge on any atom is 0.223 e. The molecule has 1 atom stereocenters. The first-order valence-electron chi connectivity index (χ1n) is 11.1. The summed E-state index contributed by atoms with van der Waals surface area (Å²) < 4.78 is 0. The third kappa shape index (κ3) is 4.37. The molecule has 5 heteroatoms. The normalized spacial score (nSPS) is 18.3. The molecule has 2 aliphatic heterocycles. The molecule has 2 aromatic rings. The number of β-amino-alcohol motifs (C(OH)–C–C–N with tert-alkyl or cyclic N) is 1. The summed E-state index contributed by atoms with van der Waals surface area (Å²) in [6.07, 6.45) is 1.44. The molecule has 1 saturated heterocycles. The van der Waals surface area contributed by atoms with Crippen LogP contribution in [-0.4, -0.2) is 55.2 Å². The van der Waals surface area contributed by atoms with E-state index in [-0.39, 0.29) is 5.91 Å². The lowest BCUT2D eigenvalue weighted by Gasteiger charge is -2.38. The standard InChI is InChI=1S/C25H33N3O2/c1-18-6-7-19(2)24(15-18)27-13-11-26(12-14-27)17-25(30)22-8-9-23-21(16-22)5-4-10-28(23)20(3)29/h6-9,15-16,25,30H,4-5,10-14,17H2,1-3H3/t25-/m0/s1. The fourth-order valence-electron chi connectivity index (χ4n) is 4.73. The van der Waals surface area contributed by atoms with Crippen molar-refractivity contribution in [2.45, 2.75) is 39.7 Å². The van der Waals surface area contributed by atoms with Gasteiger partial charge in [-0.2, -0.15) is 0 Å². The van der Waals surface area contributed by atoms with Crippen LogP contribution in [-0.2, 0) is 11.2 Å². The molecule has 5 nitrogen and oxygen atoms in total. The van der Waals surface area contributed by atoms with Gasteiger partial charge in [-0.3, -0.25) is 9.69 Å². The Balaban J connectivity index is 1.38. The number of amides is 1. The molecule has 160 valence electrons. The Labute approximate surface area is 179 Å². The van der Waals surface area contributed by atoms with Gasteiger partial charge < -0.3 is 14.9 Å². The van der Waals surface area contributed by atoms with E-state index in [1.807, 2.05) is 17.0 Å². The van der Waals surface area contributed by atoms with Crippen LogP contribution in [0.1, 0.15) is 41.7 Å². The SMILES string of the molecule is CC(=O)N1CCCc2cc([C@@H](O)CN3CCN(c4cc(C)ccc4C)CC3)ccc21. The van der Waals surface area contributed by atoms with Crippen molar-refractivity contribution < 1.29 is 9.90 Å².